The molecule has 3 aromatic rings. The number of benzene rings is 1. The monoisotopic (exact) mass is 305 g/mol. The number of aromatic nitrogens is 3. The van der Waals surface area contributed by atoms with E-state index in [1.807, 2.05) is 0 Å². The first-order valence-electron chi connectivity index (χ1n) is 6.43. The standard InChI is InChI=1S/C15H10F3N3O/c16-15(17,18)11-6-4-10(5-7-11)8-13-19-14-3-1-2-12(9-22)21(14)20-13/h1-7,9H,8H2. The summed E-state index contributed by atoms with van der Waals surface area (Å²) in [6.07, 6.45) is -3.39. The van der Waals surface area contributed by atoms with Gasteiger partial charge in [-0.25, -0.2) is 9.50 Å². The Morgan fingerprint density at radius 2 is 1.82 bits per heavy atom. The lowest BCUT2D eigenvalue weighted by Crippen LogP contribution is -2.04. The van der Waals surface area contributed by atoms with Crippen molar-refractivity contribution in [2.45, 2.75) is 12.6 Å². The summed E-state index contributed by atoms with van der Waals surface area (Å²) < 4.78 is 38.9. The van der Waals surface area contributed by atoms with Crippen LogP contribution in [0.2, 0.25) is 0 Å². The van der Waals surface area contributed by atoms with E-state index in [2.05, 4.69) is 10.1 Å². The van der Waals surface area contributed by atoms with E-state index in [-0.39, 0.29) is 6.42 Å². The predicted octanol–water partition coefficient (Wildman–Crippen LogP) is 3.15. The van der Waals surface area contributed by atoms with Crippen molar-refractivity contribution in [2.24, 2.45) is 0 Å². The highest BCUT2D eigenvalue weighted by atomic mass is 19.4. The first-order valence-corrected chi connectivity index (χ1v) is 6.43. The molecule has 0 saturated heterocycles. The molecule has 0 unspecified atom stereocenters. The van der Waals surface area contributed by atoms with Crippen LogP contribution in [0.15, 0.2) is 42.5 Å². The van der Waals surface area contributed by atoms with Gasteiger partial charge in [-0.1, -0.05) is 18.2 Å². The van der Waals surface area contributed by atoms with Crippen molar-refractivity contribution in [3.63, 3.8) is 0 Å². The molecule has 2 aromatic heterocycles. The van der Waals surface area contributed by atoms with Gasteiger partial charge in [-0.3, -0.25) is 4.79 Å². The summed E-state index contributed by atoms with van der Waals surface area (Å²) in [5, 5.41) is 4.20. The fourth-order valence-electron chi connectivity index (χ4n) is 2.13. The van der Waals surface area contributed by atoms with E-state index in [0.29, 0.717) is 29.0 Å². The van der Waals surface area contributed by atoms with Gasteiger partial charge in [0, 0.05) is 6.42 Å². The second-order valence-corrected chi connectivity index (χ2v) is 4.74. The average Bonchev–Trinajstić information content (AvgIpc) is 2.89. The minimum absolute atomic E-state index is 0.290. The molecule has 22 heavy (non-hydrogen) atoms. The Kier molecular flexibility index (Phi) is 3.40. The van der Waals surface area contributed by atoms with E-state index in [1.54, 1.807) is 18.2 Å². The molecule has 2 heterocycles. The van der Waals surface area contributed by atoms with Crippen molar-refractivity contribution in [1.29, 1.82) is 0 Å². The van der Waals surface area contributed by atoms with Crippen LogP contribution in [0.1, 0.15) is 27.4 Å². The Balaban J connectivity index is 1.88. The molecule has 0 amide bonds. The zero-order chi connectivity index (χ0) is 15.7. The highest BCUT2D eigenvalue weighted by molar-refractivity contribution is 5.73. The van der Waals surface area contributed by atoms with Crippen LogP contribution in [0, 0.1) is 0 Å². The van der Waals surface area contributed by atoms with Gasteiger partial charge >= 0.3 is 6.18 Å². The van der Waals surface area contributed by atoms with E-state index in [9.17, 15) is 18.0 Å². The van der Waals surface area contributed by atoms with Crippen LogP contribution in [0.4, 0.5) is 13.2 Å². The normalized spacial score (nSPS) is 11.8. The summed E-state index contributed by atoms with van der Waals surface area (Å²) in [5.74, 6) is 0.439. The zero-order valence-electron chi connectivity index (χ0n) is 11.2. The number of rotatable bonds is 3. The Morgan fingerprint density at radius 3 is 2.45 bits per heavy atom. The number of aldehydes is 1. The third-order valence-electron chi connectivity index (χ3n) is 3.20. The molecule has 0 N–H and O–H groups in total. The summed E-state index contributed by atoms with van der Waals surface area (Å²) in [6.45, 7) is 0. The molecule has 0 aliphatic rings. The van der Waals surface area contributed by atoms with E-state index in [0.717, 1.165) is 12.1 Å². The molecule has 0 fully saturated rings. The molecule has 0 radical (unpaired) electrons. The minimum atomic E-state index is -4.35. The topological polar surface area (TPSA) is 47.3 Å². The lowest BCUT2D eigenvalue weighted by Gasteiger charge is -2.06. The van der Waals surface area contributed by atoms with Gasteiger partial charge in [0.25, 0.3) is 0 Å². The second-order valence-electron chi connectivity index (χ2n) is 4.74. The molecular weight excluding hydrogens is 295 g/mol. The van der Waals surface area contributed by atoms with Gasteiger partial charge in [-0.2, -0.15) is 18.3 Å². The van der Waals surface area contributed by atoms with E-state index >= 15 is 0 Å². The van der Waals surface area contributed by atoms with E-state index in [1.165, 1.54) is 16.6 Å². The summed E-state index contributed by atoms with van der Waals surface area (Å²) in [4.78, 5) is 15.2. The number of hydrogen-bond acceptors (Lipinski definition) is 3. The summed E-state index contributed by atoms with van der Waals surface area (Å²) in [5.41, 5.74) is 0.856. The zero-order valence-corrected chi connectivity index (χ0v) is 11.2. The van der Waals surface area contributed by atoms with Crippen molar-refractivity contribution in [3.05, 3.63) is 65.1 Å². The van der Waals surface area contributed by atoms with Crippen LogP contribution in [-0.2, 0) is 12.6 Å². The maximum absolute atomic E-state index is 12.5. The number of carbonyl (C=O) groups is 1. The second kappa shape index (κ2) is 5.25. The number of nitrogens with zero attached hydrogens (tertiary/aromatic N) is 3. The lowest BCUT2D eigenvalue weighted by molar-refractivity contribution is -0.137. The van der Waals surface area contributed by atoms with Crippen molar-refractivity contribution in [3.8, 4) is 0 Å². The quantitative estimate of drug-likeness (QED) is 0.698. The maximum atomic E-state index is 12.5. The summed E-state index contributed by atoms with van der Waals surface area (Å²) >= 11 is 0. The van der Waals surface area contributed by atoms with Crippen LogP contribution >= 0.6 is 0 Å². The van der Waals surface area contributed by atoms with Crippen molar-refractivity contribution < 1.29 is 18.0 Å². The van der Waals surface area contributed by atoms with Gasteiger partial charge in [0.05, 0.1) is 5.56 Å². The van der Waals surface area contributed by atoms with Crippen LogP contribution < -0.4 is 0 Å². The third-order valence-corrected chi connectivity index (χ3v) is 3.20. The Bertz CT molecular complexity index is 822. The molecule has 0 aliphatic heterocycles. The van der Waals surface area contributed by atoms with Crippen molar-refractivity contribution >= 4 is 11.9 Å². The summed E-state index contributed by atoms with van der Waals surface area (Å²) in [7, 11) is 0. The summed E-state index contributed by atoms with van der Waals surface area (Å²) in [6, 6.07) is 9.86. The van der Waals surface area contributed by atoms with Gasteiger partial charge in [-0.05, 0) is 29.8 Å². The molecular formula is C15H10F3N3O. The molecule has 0 saturated carbocycles. The van der Waals surface area contributed by atoms with Crippen LogP contribution in [-0.4, -0.2) is 20.9 Å². The van der Waals surface area contributed by atoms with Crippen LogP contribution in [0.3, 0.4) is 0 Å². The molecule has 4 nitrogen and oxygen atoms in total. The number of halogens is 3. The van der Waals surface area contributed by atoms with Crippen LogP contribution in [0.5, 0.6) is 0 Å². The molecule has 0 aliphatic carbocycles. The SMILES string of the molecule is O=Cc1cccc2nc(Cc3ccc(C(F)(F)F)cc3)nn12. The highest BCUT2D eigenvalue weighted by Gasteiger charge is 2.29. The maximum Gasteiger partial charge on any atom is 0.416 e. The first-order chi connectivity index (χ1) is 10.5. The molecule has 3 rings (SSSR count). The number of pyridine rings is 1. The number of alkyl halides is 3. The molecule has 7 heteroatoms. The number of hydrogen-bond donors (Lipinski definition) is 0. The van der Waals surface area contributed by atoms with Gasteiger partial charge in [0.1, 0.15) is 5.69 Å². The Morgan fingerprint density at radius 1 is 1.09 bits per heavy atom. The average molecular weight is 305 g/mol. The first kappa shape index (κ1) is 14.2. The molecule has 0 bridgehead atoms. The van der Waals surface area contributed by atoms with E-state index < -0.39 is 11.7 Å². The largest absolute Gasteiger partial charge is 0.416 e. The number of carbonyl (C=O) groups excluding carboxylic acids is 1. The molecule has 112 valence electrons. The predicted molar refractivity (Wildman–Crippen MR) is 72.6 cm³/mol. The minimum Gasteiger partial charge on any atom is -0.296 e. The van der Waals surface area contributed by atoms with Crippen molar-refractivity contribution in [1.82, 2.24) is 14.6 Å². The smallest absolute Gasteiger partial charge is 0.296 e. The van der Waals surface area contributed by atoms with Gasteiger partial charge < -0.3 is 0 Å². The Labute approximate surface area is 123 Å². The van der Waals surface area contributed by atoms with E-state index in [4.69, 9.17) is 0 Å². The lowest BCUT2D eigenvalue weighted by atomic mass is 10.1. The number of fused-ring (bicyclic) bond motifs is 1. The van der Waals surface area contributed by atoms with Crippen LogP contribution in [0.25, 0.3) is 5.65 Å². The van der Waals surface area contributed by atoms with Gasteiger partial charge in [-0.15, -0.1) is 0 Å². The molecule has 1 aromatic carbocycles. The van der Waals surface area contributed by atoms with Crippen molar-refractivity contribution in [2.75, 3.05) is 0 Å². The van der Waals surface area contributed by atoms with Gasteiger partial charge in [0.15, 0.2) is 17.8 Å². The van der Waals surface area contributed by atoms with Gasteiger partial charge in [0.2, 0.25) is 0 Å². The molecule has 0 atom stereocenters. The fourth-order valence-corrected chi connectivity index (χ4v) is 2.13. The Hall–Kier alpha value is -2.70. The molecule has 0 spiro atoms. The highest BCUT2D eigenvalue weighted by Crippen LogP contribution is 2.29. The fraction of sp³-hybridized carbons (Fsp3) is 0.133. The third kappa shape index (κ3) is 2.69.